The fraction of sp³-hybridized carbons (Fsp3) is 0.500. The molecule has 1 aromatic carbocycles. The zero-order chi connectivity index (χ0) is 21.2. The maximum Gasteiger partial charge on any atom is 0.407 e. The zero-order valence-corrected chi connectivity index (χ0v) is 16.1. The Balaban J connectivity index is 1.72. The normalized spacial score (nSPS) is 18.4. The number of ketones is 1. The van der Waals surface area contributed by atoms with Crippen LogP contribution in [-0.2, 0) is 25.7 Å². The highest BCUT2D eigenvalue weighted by Gasteiger charge is 2.32. The number of hydrogen-bond donors (Lipinski definition) is 4. The standard InChI is InChI=1S/C20H27N3O6/c21-19(27)18(14-7-4-8-15(24)9-14)23-17(26)10-16(25)11-22-20(28)29-12-13-5-2-1-3-6-13/h1-3,5-6,14,16,18,25H,4,7-12H2,(H2,21,27)(H,22,28)(H,23,26)/t14-,16+,18+/m1/s1. The molecule has 0 aliphatic heterocycles. The number of aliphatic hydroxyl groups is 1. The van der Waals surface area contributed by atoms with E-state index in [9.17, 15) is 24.3 Å². The molecule has 9 nitrogen and oxygen atoms in total. The summed E-state index contributed by atoms with van der Waals surface area (Å²) in [5.41, 5.74) is 6.19. The summed E-state index contributed by atoms with van der Waals surface area (Å²) in [4.78, 5) is 47.1. The van der Waals surface area contributed by atoms with Crippen molar-refractivity contribution in [1.82, 2.24) is 10.6 Å². The molecule has 0 unspecified atom stereocenters. The third-order valence-corrected chi connectivity index (χ3v) is 4.73. The molecule has 1 aromatic rings. The molecular formula is C20H27N3O6. The smallest absolute Gasteiger partial charge is 0.407 e. The minimum atomic E-state index is -1.17. The number of rotatable bonds is 9. The van der Waals surface area contributed by atoms with Crippen LogP contribution in [-0.4, -0.2) is 47.5 Å². The molecule has 5 N–H and O–H groups in total. The Morgan fingerprint density at radius 1 is 1.24 bits per heavy atom. The summed E-state index contributed by atoms with van der Waals surface area (Å²) in [5, 5.41) is 14.8. The van der Waals surface area contributed by atoms with Crippen molar-refractivity contribution in [2.45, 2.75) is 50.9 Å². The van der Waals surface area contributed by atoms with Crippen molar-refractivity contribution in [2.24, 2.45) is 11.7 Å². The minimum absolute atomic E-state index is 0.0417. The van der Waals surface area contributed by atoms with Gasteiger partial charge in [-0.1, -0.05) is 30.3 Å². The fourth-order valence-electron chi connectivity index (χ4n) is 3.26. The van der Waals surface area contributed by atoms with Crippen molar-refractivity contribution < 1.29 is 29.0 Å². The van der Waals surface area contributed by atoms with Crippen molar-refractivity contribution in [3.05, 3.63) is 35.9 Å². The van der Waals surface area contributed by atoms with Gasteiger partial charge in [0.2, 0.25) is 11.8 Å². The van der Waals surface area contributed by atoms with Crippen molar-refractivity contribution in [1.29, 1.82) is 0 Å². The third-order valence-electron chi connectivity index (χ3n) is 4.73. The lowest BCUT2D eigenvalue weighted by atomic mass is 9.83. The van der Waals surface area contributed by atoms with Gasteiger partial charge in [-0.3, -0.25) is 14.4 Å². The molecule has 1 aliphatic carbocycles. The number of ether oxygens (including phenoxy) is 1. The van der Waals surface area contributed by atoms with E-state index in [0.717, 1.165) is 5.56 Å². The van der Waals surface area contributed by atoms with Crippen LogP contribution in [0.1, 0.15) is 37.7 Å². The molecule has 3 amide bonds. The van der Waals surface area contributed by atoms with Crippen LogP contribution in [0, 0.1) is 5.92 Å². The highest BCUT2D eigenvalue weighted by molar-refractivity contribution is 5.88. The predicted molar refractivity (Wildman–Crippen MR) is 103 cm³/mol. The number of amides is 3. The molecule has 1 fully saturated rings. The maximum atomic E-state index is 12.1. The molecule has 3 atom stereocenters. The number of aliphatic hydroxyl groups excluding tert-OH is 1. The van der Waals surface area contributed by atoms with Gasteiger partial charge >= 0.3 is 6.09 Å². The zero-order valence-electron chi connectivity index (χ0n) is 16.1. The van der Waals surface area contributed by atoms with Gasteiger partial charge in [-0.05, 0) is 24.3 Å². The van der Waals surface area contributed by atoms with Crippen LogP contribution in [0.5, 0.6) is 0 Å². The SMILES string of the molecule is NC(=O)[C@@H](NC(=O)C[C@H](O)CNC(=O)OCc1ccccc1)[C@@H]1CCCC(=O)C1. The Labute approximate surface area is 169 Å². The number of hydrogen-bond acceptors (Lipinski definition) is 6. The molecule has 0 radical (unpaired) electrons. The largest absolute Gasteiger partial charge is 0.445 e. The molecule has 0 aromatic heterocycles. The first-order valence-electron chi connectivity index (χ1n) is 9.58. The summed E-state index contributed by atoms with van der Waals surface area (Å²) in [6.45, 7) is -0.103. The van der Waals surface area contributed by atoms with E-state index in [1.165, 1.54) is 0 Å². The van der Waals surface area contributed by atoms with Crippen LogP contribution in [0.2, 0.25) is 0 Å². The lowest BCUT2D eigenvalue weighted by molar-refractivity contribution is -0.131. The van der Waals surface area contributed by atoms with Gasteiger partial charge in [0.15, 0.2) is 0 Å². The summed E-state index contributed by atoms with van der Waals surface area (Å²) in [7, 11) is 0. The van der Waals surface area contributed by atoms with Crippen molar-refractivity contribution in [3.8, 4) is 0 Å². The van der Waals surface area contributed by atoms with Gasteiger partial charge in [0.1, 0.15) is 18.4 Å². The average Bonchev–Trinajstić information content (AvgIpc) is 2.69. The second kappa shape index (κ2) is 11.2. The second-order valence-corrected chi connectivity index (χ2v) is 7.14. The van der Waals surface area contributed by atoms with Crippen LogP contribution in [0.4, 0.5) is 4.79 Å². The minimum Gasteiger partial charge on any atom is -0.445 e. The number of carbonyl (C=O) groups excluding carboxylic acids is 4. The van der Waals surface area contributed by atoms with Gasteiger partial charge in [0, 0.05) is 19.4 Å². The van der Waals surface area contributed by atoms with E-state index in [2.05, 4.69) is 10.6 Å². The van der Waals surface area contributed by atoms with E-state index in [1.807, 2.05) is 30.3 Å². The van der Waals surface area contributed by atoms with Crippen molar-refractivity contribution >= 4 is 23.7 Å². The number of carbonyl (C=O) groups is 4. The first-order valence-corrected chi connectivity index (χ1v) is 9.58. The third kappa shape index (κ3) is 7.90. The van der Waals surface area contributed by atoms with Crippen LogP contribution in [0.3, 0.4) is 0 Å². The lowest BCUT2D eigenvalue weighted by Gasteiger charge is -2.28. The fourth-order valence-corrected chi connectivity index (χ4v) is 3.26. The molecule has 0 bridgehead atoms. The van der Waals surface area contributed by atoms with Gasteiger partial charge in [0.05, 0.1) is 12.5 Å². The Bertz CT molecular complexity index is 724. The van der Waals surface area contributed by atoms with Gasteiger partial charge in [-0.25, -0.2) is 4.79 Å². The van der Waals surface area contributed by atoms with E-state index < -0.39 is 30.1 Å². The van der Waals surface area contributed by atoms with Crippen molar-refractivity contribution in [3.63, 3.8) is 0 Å². The number of nitrogens with one attached hydrogen (secondary N) is 2. The molecule has 1 saturated carbocycles. The second-order valence-electron chi connectivity index (χ2n) is 7.14. The highest BCUT2D eigenvalue weighted by atomic mass is 16.5. The Hall–Kier alpha value is -2.94. The number of primary amides is 1. The summed E-state index contributed by atoms with van der Waals surface area (Å²) < 4.78 is 5.01. The molecular weight excluding hydrogens is 378 g/mol. The molecule has 0 heterocycles. The van der Waals surface area contributed by atoms with E-state index >= 15 is 0 Å². The molecule has 2 rings (SSSR count). The summed E-state index contributed by atoms with van der Waals surface area (Å²) in [6.07, 6.45) is -0.266. The molecule has 158 valence electrons. The molecule has 9 heteroatoms. The first-order chi connectivity index (χ1) is 13.8. The van der Waals surface area contributed by atoms with E-state index in [-0.39, 0.29) is 37.7 Å². The Morgan fingerprint density at radius 3 is 2.62 bits per heavy atom. The van der Waals surface area contributed by atoms with Crippen LogP contribution in [0.15, 0.2) is 30.3 Å². The summed E-state index contributed by atoms with van der Waals surface area (Å²) >= 11 is 0. The Morgan fingerprint density at radius 2 is 1.97 bits per heavy atom. The van der Waals surface area contributed by atoms with Gasteiger partial charge < -0.3 is 26.2 Å². The number of Topliss-reactive ketones (excluding diaryl/α,β-unsaturated/α-hetero) is 1. The van der Waals surface area contributed by atoms with E-state index in [4.69, 9.17) is 10.5 Å². The average molecular weight is 405 g/mol. The Kier molecular flexibility index (Phi) is 8.60. The maximum absolute atomic E-state index is 12.1. The molecule has 29 heavy (non-hydrogen) atoms. The quantitative estimate of drug-likeness (QED) is 0.467. The van der Waals surface area contributed by atoms with Crippen LogP contribution < -0.4 is 16.4 Å². The van der Waals surface area contributed by atoms with Gasteiger partial charge in [-0.2, -0.15) is 0 Å². The number of alkyl carbamates (subject to hydrolysis) is 1. The van der Waals surface area contributed by atoms with Crippen molar-refractivity contribution in [2.75, 3.05) is 6.54 Å². The number of nitrogens with two attached hydrogens (primary N) is 1. The van der Waals surface area contributed by atoms with Crippen LogP contribution in [0.25, 0.3) is 0 Å². The van der Waals surface area contributed by atoms with E-state index in [1.54, 1.807) is 0 Å². The van der Waals surface area contributed by atoms with Gasteiger partial charge in [0.25, 0.3) is 0 Å². The molecule has 1 aliphatic rings. The summed E-state index contributed by atoms with van der Waals surface area (Å²) in [6, 6.07) is 8.15. The highest BCUT2D eigenvalue weighted by Crippen LogP contribution is 2.24. The first kappa shape index (κ1) is 22.4. The monoisotopic (exact) mass is 405 g/mol. The predicted octanol–water partition coefficient (Wildman–Crippen LogP) is 0.393. The number of benzene rings is 1. The van der Waals surface area contributed by atoms with Gasteiger partial charge in [-0.15, -0.1) is 0 Å². The topological polar surface area (TPSA) is 148 Å². The lowest BCUT2D eigenvalue weighted by Crippen LogP contribution is -2.51. The van der Waals surface area contributed by atoms with E-state index in [0.29, 0.717) is 19.3 Å². The molecule has 0 spiro atoms. The summed E-state index contributed by atoms with van der Waals surface area (Å²) in [5.74, 6) is -1.59. The molecule has 0 saturated heterocycles. The van der Waals surface area contributed by atoms with Crippen LogP contribution >= 0.6 is 0 Å².